The van der Waals surface area contributed by atoms with Crippen LogP contribution in [-0.4, -0.2) is 17.1 Å². The molecule has 0 atom stereocenters. The van der Waals surface area contributed by atoms with Gasteiger partial charge < -0.3 is 10.1 Å². The quantitative estimate of drug-likeness (QED) is 0.862. The van der Waals surface area contributed by atoms with Gasteiger partial charge in [-0.25, -0.2) is 9.97 Å². The minimum Gasteiger partial charge on any atom is -0.481 e. The van der Waals surface area contributed by atoms with Gasteiger partial charge in [0.1, 0.15) is 4.60 Å². The standard InChI is InChI=1S/C13H14BrN3O/c1-18-13-10(4-3-7-16-13)8-15-9-11-5-2-6-12(14)17-11/h2-7,15H,8-9H2,1H3. The van der Waals surface area contributed by atoms with Crippen LogP contribution in [0.4, 0.5) is 0 Å². The lowest BCUT2D eigenvalue weighted by molar-refractivity contribution is 0.390. The Balaban J connectivity index is 1.92. The summed E-state index contributed by atoms with van der Waals surface area (Å²) in [5.41, 5.74) is 2.03. The van der Waals surface area contributed by atoms with Crippen LogP contribution in [0.3, 0.4) is 0 Å². The average Bonchev–Trinajstić information content (AvgIpc) is 2.39. The third-order valence-corrected chi connectivity index (χ3v) is 2.88. The fraction of sp³-hybridized carbons (Fsp3) is 0.231. The van der Waals surface area contributed by atoms with Gasteiger partial charge in [-0.15, -0.1) is 0 Å². The molecule has 18 heavy (non-hydrogen) atoms. The van der Waals surface area contributed by atoms with Crippen LogP contribution in [0.1, 0.15) is 11.3 Å². The second-order valence-corrected chi connectivity index (χ2v) is 4.54. The van der Waals surface area contributed by atoms with Gasteiger partial charge in [-0.1, -0.05) is 12.1 Å². The van der Waals surface area contributed by atoms with E-state index in [1.807, 2.05) is 30.3 Å². The second-order valence-electron chi connectivity index (χ2n) is 3.73. The first-order valence-corrected chi connectivity index (χ1v) is 6.39. The van der Waals surface area contributed by atoms with Crippen molar-refractivity contribution in [3.8, 4) is 5.88 Å². The molecule has 0 saturated carbocycles. The Morgan fingerprint density at radius 1 is 1.22 bits per heavy atom. The minimum absolute atomic E-state index is 0.659. The summed E-state index contributed by atoms with van der Waals surface area (Å²) < 4.78 is 6.04. The molecule has 2 rings (SSSR count). The first kappa shape index (κ1) is 13.0. The Hall–Kier alpha value is -1.46. The molecular formula is C13H14BrN3O. The van der Waals surface area contributed by atoms with Gasteiger partial charge in [0, 0.05) is 24.8 Å². The maximum Gasteiger partial charge on any atom is 0.217 e. The molecule has 4 nitrogen and oxygen atoms in total. The summed E-state index contributed by atoms with van der Waals surface area (Å²) in [6.45, 7) is 1.41. The second kappa shape index (κ2) is 6.47. The summed E-state index contributed by atoms with van der Waals surface area (Å²) in [6, 6.07) is 9.76. The Labute approximate surface area is 115 Å². The van der Waals surface area contributed by atoms with E-state index in [9.17, 15) is 0 Å². The van der Waals surface area contributed by atoms with Crippen molar-refractivity contribution in [2.75, 3.05) is 7.11 Å². The molecule has 0 aliphatic heterocycles. The number of pyridine rings is 2. The average molecular weight is 308 g/mol. The van der Waals surface area contributed by atoms with Crippen molar-refractivity contribution in [3.63, 3.8) is 0 Å². The maximum atomic E-state index is 5.19. The van der Waals surface area contributed by atoms with Gasteiger partial charge >= 0.3 is 0 Å². The van der Waals surface area contributed by atoms with Gasteiger partial charge in [-0.05, 0) is 34.1 Å². The number of aromatic nitrogens is 2. The summed E-state index contributed by atoms with van der Waals surface area (Å²) in [4.78, 5) is 8.51. The van der Waals surface area contributed by atoms with E-state index >= 15 is 0 Å². The Morgan fingerprint density at radius 3 is 2.89 bits per heavy atom. The van der Waals surface area contributed by atoms with Crippen molar-refractivity contribution in [1.82, 2.24) is 15.3 Å². The highest BCUT2D eigenvalue weighted by molar-refractivity contribution is 9.10. The van der Waals surface area contributed by atoms with Crippen LogP contribution in [0.15, 0.2) is 41.1 Å². The number of nitrogens with zero attached hydrogens (tertiary/aromatic N) is 2. The molecule has 1 N–H and O–H groups in total. The minimum atomic E-state index is 0.659. The van der Waals surface area contributed by atoms with Crippen molar-refractivity contribution in [2.24, 2.45) is 0 Å². The largest absolute Gasteiger partial charge is 0.481 e. The molecule has 0 aliphatic rings. The van der Waals surface area contributed by atoms with E-state index in [1.165, 1.54) is 0 Å². The van der Waals surface area contributed by atoms with Crippen LogP contribution in [0.25, 0.3) is 0 Å². The first-order valence-electron chi connectivity index (χ1n) is 5.59. The number of halogens is 1. The van der Waals surface area contributed by atoms with Crippen LogP contribution in [-0.2, 0) is 13.1 Å². The fourth-order valence-electron chi connectivity index (χ4n) is 1.62. The van der Waals surface area contributed by atoms with Crippen molar-refractivity contribution < 1.29 is 4.74 Å². The molecule has 2 heterocycles. The van der Waals surface area contributed by atoms with Crippen molar-refractivity contribution >= 4 is 15.9 Å². The SMILES string of the molecule is COc1ncccc1CNCc1cccc(Br)n1. The van der Waals surface area contributed by atoms with Gasteiger partial charge in [-0.3, -0.25) is 0 Å². The predicted molar refractivity (Wildman–Crippen MR) is 73.3 cm³/mol. The molecule has 94 valence electrons. The van der Waals surface area contributed by atoms with E-state index in [-0.39, 0.29) is 0 Å². The Kier molecular flexibility index (Phi) is 4.66. The van der Waals surface area contributed by atoms with Crippen molar-refractivity contribution in [3.05, 3.63) is 52.4 Å². The number of rotatable bonds is 5. The molecule has 2 aromatic heterocycles. The molecule has 0 radical (unpaired) electrons. The lowest BCUT2D eigenvalue weighted by Gasteiger charge is -2.08. The topological polar surface area (TPSA) is 47.0 Å². The van der Waals surface area contributed by atoms with Crippen LogP contribution >= 0.6 is 15.9 Å². The summed E-state index contributed by atoms with van der Waals surface area (Å²) in [7, 11) is 1.63. The molecular weight excluding hydrogens is 294 g/mol. The lowest BCUT2D eigenvalue weighted by atomic mass is 10.2. The van der Waals surface area contributed by atoms with E-state index in [4.69, 9.17) is 4.74 Å². The van der Waals surface area contributed by atoms with Gasteiger partial charge in [0.05, 0.1) is 12.8 Å². The van der Waals surface area contributed by atoms with Crippen LogP contribution in [0.2, 0.25) is 0 Å². The van der Waals surface area contributed by atoms with Crippen molar-refractivity contribution in [1.29, 1.82) is 0 Å². The summed E-state index contributed by atoms with van der Waals surface area (Å²) in [5, 5.41) is 3.32. The molecule has 0 amide bonds. The van der Waals surface area contributed by atoms with Gasteiger partial charge in [0.25, 0.3) is 0 Å². The first-order chi connectivity index (χ1) is 8.79. The van der Waals surface area contributed by atoms with Gasteiger partial charge in [0.2, 0.25) is 5.88 Å². The van der Waals surface area contributed by atoms with Crippen LogP contribution < -0.4 is 10.1 Å². The Bertz CT molecular complexity index is 519. The van der Waals surface area contributed by atoms with Gasteiger partial charge in [0.15, 0.2) is 0 Å². The zero-order chi connectivity index (χ0) is 12.8. The summed E-state index contributed by atoms with van der Waals surface area (Å²) >= 11 is 3.35. The highest BCUT2D eigenvalue weighted by Gasteiger charge is 2.02. The summed E-state index contributed by atoms with van der Waals surface area (Å²) in [5.74, 6) is 0.659. The third-order valence-electron chi connectivity index (χ3n) is 2.44. The number of methoxy groups -OCH3 is 1. The van der Waals surface area contributed by atoms with E-state index in [2.05, 4.69) is 31.2 Å². The van der Waals surface area contributed by atoms with Crippen LogP contribution in [0.5, 0.6) is 5.88 Å². The number of nitrogens with one attached hydrogen (secondary N) is 1. The summed E-state index contributed by atoms with van der Waals surface area (Å²) in [6.07, 6.45) is 1.72. The zero-order valence-corrected chi connectivity index (χ0v) is 11.6. The third kappa shape index (κ3) is 3.51. The van der Waals surface area contributed by atoms with Crippen LogP contribution in [0, 0.1) is 0 Å². The van der Waals surface area contributed by atoms with E-state index in [0.29, 0.717) is 19.0 Å². The molecule has 0 fully saturated rings. The molecule has 0 aliphatic carbocycles. The fourth-order valence-corrected chi connectivity index (χ4v) is 2.00. The van der Waals surface area contributed by atoms with E-state index < -0.39 is 0 Å². The predicted octanol–water partition coefficient (Wildman–Crippen LogP) is 2.54. The maximum absolute atomic E-state index is 5.19. The smallest absolute Gasteiger partial charge is 0.217 e. The van der Waals surface area contributed by atoms with Gasteiger partial charge in [-0.2, -0.15) is 0 Å². The Morgan fingerprint density at radius 2 is 2.11 bits per heavy atom. The molecule has 0 unspecified atom stereocenters. The zero-order valence-electron chi connectivity index (χ0n) is 10.1. The molecule has 5 heteroatoms. The highest BCUT2D eigenvalue weighted by atomic mass is 79.9. The molecule has 0 aromatic carbocycles. The molecule has 2 aromatic rings. The number of hydrogen-bond acceptors (Lipinski definition) is 4. The molecule has 0 bridgehead atoms. The van der Waals surface area contributed by atoms with E-state index in [1.54, 1.807) is 13.3 Å². The van der Waals surface area contributed by atoms with E-state index in [0.717, 1.165) is 15.9 Å². The monoisotopic (exact) mass is 307 g/mol. The lowest BCUT2D eigenvalue weighted by Crippen LogP contribution is -2.14. The highest BCUT2D eigenvalue weighted by Crippen LogP contribution is 2.13. The van der Waals surface area contributed by atoms with Crippen molar-refractivity contribution in [2.45, 2.75) is 13.1 Å². The molecule has 0 spiro atoms. The number of ether oxygens (including phenoxy) is 1. The normalized spacial score (nSPS) is 10.3. The number of hydrogen-bond donors (Lipinski definition) is 1. The molecule has 0 saturated heterocycles.